The van der Waals surface area contributed by atoms with Crippen LogP contribution in [0.1, 0.15) is 18.4 Å². The second-order valence-corrected chi connectivity index (χ2v) is 9.14. The van der Waals surface area contributed by atoms with Gasteiger partial charge in [-0.05, 0) is 77.5 Å². The van der Waals surface area contributed by atoms with Gasteiger partial charge in [-0.15, -0.1) is 11.8 Å². The van der Waals surface area contributed by atoms with E-state index in [1.54, 1.807) is 31.4 Å². The highest BCUT2D eigenvalue weighted by Crippen LogP contribution is 2.31. The molecule has 8 heteroatoms. The van der Waals surface area contributed by atoms with E-state index in [2.05, 4.69) is 27.9 Å². The smallest absolute Gasteiger partial charge is 0.247 e. The molecule has 1 aliphatic rings. The maximum Gasteiger partial charge on any atom is 0.247 e. The van der Waals surface area contributed by atoms with Crippen molar-refractivity contribution >= 4 is 63.4 Å². The molecular formula is C21H21IN2O4S. The summed E-state index contributed by atoms with van der Waals surface area (Å²) in [5.41, 5.74) is 2.33. The van der Waals surface area contributed by atoms with Crippen LogP contribution in [0.2, 0.25) is 0 Å². The standard InChI is InChI=1S/C21H21IN2O4S/c1-13-11-14(22)3-8-17(13)23-19(25)9-10-29-18-12-20(26)24(21(18)27)15-4-6-16(28-2)7-5-15/h3-8,11,18H,9-10,12H2,1-2H3,(H,23,25)/t18-/m0/s1. The Morgan fingerprint density at radius 2 is 1.97 bits per heavy atom. The Labute approximate surface area is 187 Å². The van der Waals surface area contributed by atoms with Crippen LogP contribution in [0, 0.1) is 10.5 Å². The topological polar surface area (TPSA) is 75.7 Å². The second-order valence-electron chi connectivity index (χ2n) is 6.59. The van der Waals surface area contributed by atoms with Gasteiger partial charge in [0.2, 0.25) is 17.7 Å². The summed E-state index contributed by atoms with van der Waals surface area (Å²) in [6.07, 6.45) is 0.421. The normalized spacial score (nSPS) is 16.2. The molecular weight excluding hydrogens is 503 g/mol. The number of anilines is 2. The number of hydrogen-bond acceptors (Lipinski definition) is 5. The highest BCUT2D eigenvalue weighted by Gasteiger charge is 2.39. The molecule has 0 unspecified atom stereocenters. The number of carbonyl (C=O) groups excluding carboxylic acids is 3. The van der Waals surface area contributed by atoms with Crippen molar-refractivity contribution < 1.29 is 19.1 Å². The van der Waals surface area contributed by atoms with Crippen molar-refractivity contribution in [2.45, 2.75) is 25.0 Å². The molecule has 0 aromatic heterocycles. The number of thioether (sulfide) groups is 1. The number of rotatable bonds is 7. The molecule has 152 valence electrons. The Hall–Kier alpha value is -2.07. The van der Waals surface area contributed by atoms with Crippen LogP contribution in [0.15, 0.2) is 42.5 Å². The number of ether oxygens (including phenoxy) is 1. The largest absolute Gasteiger partial charge is 0.497 e. The molecule has 29 heavy (non-hydrogen) atoms. The van der Waals surface area contributed by atoms with E-state index in [0.29, 0.717) is 17.2 Å². The van der Waals surface area contributed by atoms with Gasteiger partial charge in [0.25, 0.3) is 0 Å². The Morgan fingerprint density at radius 1 is 1.24 bits per heavy atom. The number of nitrogens with one attached hydrogen (secondary N) is 1. The minimum atomic E-state index is -0.461. The molecule has 0 bridgehead atoms. The van der Waals surface area contributed by atoms with Crippen LogP contribution in [0.25, 0.3) is 0 Å². The maximum absolute atomic E-state index is 12.7. The van der Waals surface area contributed by atoms with Crippen molar-refractivity contribution in [3.8, 4) is 5.75 Å². The van der Waals surface area contributed by atoms with Crippen molar-refractivity contribution in [1.82, 2.24) is 0 Å². The Morgan fingerprint density at radius 3 is 2.62 bits per heavy atom. The maximum atomic E-state index is 12.7. The van der Waals surface area contributed by atoms with Crippen molar-refractivity contribution in [1.29, 1.82) is 0 Å². The Kier molecular flexibility index (Phi) is 7.18. The molecule has 6 nitrogen and oxygen atoms in total. The average molecular weight is 524 g/mol. The van der Waals surface area contributed by atoms with Gasteiger partial charge in [0, 0.05) is 27.9 Å². The molecule has 1 atom stereocenters. The molecule has 2 aromatic rings. The number of benzene rings is 2. The predicted octanol–water partition coefficient (Wildman–Crippen LogP) is 4.00. The molecule has 1 heterocycles. The number of aryl methyl sites for hydroxylation is 1. The lowest BCUT2D eigenvalue weighted by molar-refractivity contribution is -0.121. The Balaban J connectivity index is 1.52. The number of imide groups is 1. The SMILES string of the molecule is COc1ccc(N2C(=O)C[C@H](SCCC(=O)Nc3ccc(I)cc3C)C2=O)cc1. The van der Waals surface area contributed by atoms with Gasteiger partial charge >= 0.3 is 0 Å². The van der Waals surface area contributed by atoms with E-state index >= 15 is 0 Å². The molecule has 3 rings (SSSR count). The van der Waals surface area contributed by atoms with Crippen molar-refractivity contribution in [3.05, 3.63) is 51.6 Å². The summed E-state index contributed by atoms with van der Waals surface area (Å²) in [6.45, 7) is 1.95. The van der Waals surface area contributed by atoms with Crippen molar-refractivity contribution in [2.24, 2.45) is 0 Å². The van der Waals surface area contributed by atoms with Gasteiger partial charge in [0.15, 0.2) is 0 Å². The fourth-order valence-electron chi connectivity index (χ4n) is 3.01. The number of halogens is 1. The van der Waals surface area contributed by atoms with Gasteiger partial charge in [-0.25, -0.2) is 4.90 Å². The minimum Gasteiger partial charge on any atom is -0.497 e. The third-order valence-corrected chi connectivity index (χ3v) is 6.43. The van der Waals surface area contributed by atoms with Gasteiger partial charge in [0.05, 0.1) is 18.0 Å². The molecule has 2 aromatic carbocycles. The van der Waals surface area contributed by atoms with E-state index in [1.807, 2.05) is 25.1 Å². The number of methoxy groups -OCH3 is 1. The summed E-state index contributed by atoms with van der Waals surface area (Å²) >= 11 is 3.58. The monoisotopic (exact) mass is 524 g/mol. The number of amides is 3. The number of carbonyl (C=O) groups is 3. The zero-order valence-corrected chi connectivity index (χ0v) is 19.1. The highest BCUT2D eigenvalue weighted by molar-refractivity contribution is 14.1. The third kappa shape index (κ3) is 5.30. The fraction of sp³-hybridized carbons (Fsp3) is 0.286. The van der Waals surface area contributed by atoms with Crippen molar-refractivity contribution in [2.75, 3.05) is 23.1 Å². The first-order valence-corrected chi connectivity index (χ1v) is 11.2. The molecule has 1 saturated heterocycles. The first-order valence-electron chi connectivity index (χ1n) is 9.07. The number of nitrogens with zero attached hydrogens (tertiary/aromatic N) is 1. The number of hydrogen-bond donors (Lipinski definition) is 1. The molecule has 0 radical (unpaired) electrons. The van der Waals surface area contributed by atoms with Crippen LogP contribution in [0.4, 0.5) is 11.4 Å². The minimum absolute atomic E-state index is 0.106. The van der Waals surface area contributed by atoms with Gasteiger partial charge in [-0.2, -0.15) is 0 Å². The van der Waals surface area contributed by atoms with E-state index in [0.717, 1.165) is 14.8 Å². The molecule has 1 fully saturated rings. The van der Waals surface area contributed by atoms with E-state index in [4.69, 9.17) is 4.74 Å². The molecule has 1 N–H and O–H groups in total. The van der Waals surface area contributed by atoms with E-state index in [-0.39, 0.29) is 30.6 Å². The first-order chi connectivity index (χ1) is 13.9. The van der Waals surface area contributed by atoms with E-state index < -0.39 is 5.25 Å². The van der Waals surface area contributed by atoms with Crippen LogP contribution in [0.3, 0.4) is 0 Å². The zero-order valence-electron chi connectivity index (χ0n) is 16.1. The summed E-state index contributed by atoms with van der Waals surface area (Å²) in [5.74, 6) is 0.560. The second kappa shape index (κ2) is 9.62. The zero-order chi connectivity index (χ0) is 21.0. The van der Waals surface area contributed by atoms with Crippen LogP contribution in [-0.2, 0) is 14.4 Å². The quantitative estimate of drug-likeness (QED) is 0.438. The van der Waals surface area contributed by atoms with E-state index in [1.165, 1.54) is 16.7 Å². The summed E-state index contributed by atoms with van der Waals surface area (Å²) < 4.78 is 6.22. The summed E-state index contributed by atoms with van der Waals surface area (Å²) in [6, 6.07) is 12.6. The van der Waals surface area contributed by atoms with E-state index in [9.17, 15) is 14.4 Å². The molecule has 0 aliphatic carbocycles. The third-order valence-electron chi connectivity index (χ3n) is 4.55. The van der Waals surface area contributed by atoms with Gasteiger partial charge in [-0.1, -0.05) is 0 Å². The lowest BCUT2D eigenvalue weighted by atomic mass is 10.2. The first kappa shape index (κ1) is 21.6. The summed E-state index contributed by atoms with van der Waals surface area (Å²) in [4.78, 5) is 38.4. The van der Waals surface area contributed by atoms with Crippen LogP contribution in [0.5, 0.6) is 5.75 Å². The van der Waals surface area contributed by atoms with Crippen LogP contribution in [-0.4, -0.2) is 35.8 Å². The molecule has 3 amide bonds. The fourth-order valence-corrected chi connectivity index (χ4v) is 4.75. The van der Waals surface area contributed by atoms with Gasteiger partial charge < -0.3 is 10.1 Å². The van der Waals surface area contributed by atoms with Crippen LogP contribution >= 0.6 is 34.4 Å². The summed E-state index contributed by atoms with van der Waals surface area (Å²) in [7, 11) is 1.56. The molecule has 0 saturated carbocycles. The Bertz CT molecular complexity index is 933. The van der Waals surface area contributed by atoms with Crippen LogP contribution < -0.4 is 15.0 Å². The summed E-state index contributed by atoms with van der Waals surface area (Å²) in [5, 5.41) is 2.44. The lowest BCUT2D eigenvalue weighted by Gasteiger charge is -2.15. The highest BCUT2D eigenvalue weighted by atomic mass is 127. The van der Waals surface area contributed by atoms with Crippen molar-refractivity contribution in [3.63, 3.8) is 0 Å². The lowest BCUT2D eigenvalue weighted by Crippen LogP contribution is -2.31. The molecule has 0 spiro atoms. The van der Waals surface area contributed by atoms with Gasteiger partial charge in [-0.3, -0.25) is 14.4 Å². The molecule has 1 aliphatic heterocycles. The van der Waals surface area contributed by atoms with Gasteiger partial charge in [0.1, 0.15) is 5.75 Å². The predicted molar refractivity (Wildman–Crippen MR) is 123 cm³/mol. The average Bonchev–Trinajstić information content (AvgIpc) is 2.97.